The van der Waals surface area contributed by atoms with E-state index in [1.807, 2.05) is 11.8 Å². The number of hydrogen-bond donors (Lipinski definition) is 1. The molecular weight excluding hydrogens is 210 g/mol. The first kappa shape index (κ1) is 11.0. The zero-order valence-corrected chi connectivity index (χ0v) is 9.63. The third-order valence-corrected chi connectivity index (χ3v) is 3.73. The Kier molecular flexibility index (Phi) is 4.02. The van der Waals surface area contributed by atoms with Crippen LogP contribution in [0.15, 0.2) is 4.52 Å². The van der Waals surface area contributed by atoms with Gasteiger partial charge < -0.3 is 10.3 Å². The van der Waals surface area contributed by atoms with Crippen LogP contribution in [0.3, 0.4) is 0 Å². The van der Waals surface area contributed by atoms with Crippen LogP contribution in [0, 0.1) is 5.92 Å². The second-order valence-electron chi connectivity index (χ2n) is 3.90. The Bertz CT molecular complexity index is 297. The first-order valence-electron chi connectivity index (χ1n) is 5.47. The van der Waals surface area contributed by atoms with Crippen LogP contribution in [0.1, 0.15) is 24.6 Å². The molecule has 2 rings (SSSR count). The molecule has 1 saturated heterocycles. The Morgan fingerprint density at radius 1 is 1.40 bits per heavy atom. The summed E-state index contributed by atoms with van der Waals surface area (Å²) in [4.78, 5) is 4.33. The van der Waals surface area contributed by atoms with Gasteiger partial charge in [-0.3, -0.25) is 0 Å². The van der Waals surface area contributed by atoms with Crippen LogP contribution in [-0.2, 0) is 12.8 Å². The molecule has 0 atom stereocenters. The molecule has 84 valence electrons. The van der Waals surface area contributed by atoms with Crippen LogP contribution in [0.4, 0.5) is 0 Å². The molecule has 15 heavy (non-hydrogen) atoms. The average molecular weight is 227 g/mol. The summed E-state index contributed by atoms with van der Waals surface area (Å²) in [5, 5.41) is 3.90. The number of rotatable bonds is 4. The maximum atomic E-state index is 5.43. The molecule has 1 aliphatic heterocycles. The van der Waals surface area contributed by atoms with Crippen LogP contribution in [0.25, 0.3) is 0 Å². The highest BCUT2D eigenvalue weighted by molar-refractivity contribution is 7.99. The van der Waals surface area contributed by atoms with Gasteiger partial charge in [-0.1, -0.05) is 5.16 Å². The van der Waals surface area contributed by atoms with E-state index in [0.717, 1.165) is 24.1 Å². The summed E-state index contributed by atoms with van der Waals surface area (Å²) in [5.41, 5.74) is 5.43. The van der Waals surface area contributed by atoms with Gasteiger partial charge in [0.1, 0.15) is 0 Å². The molecule has 0 aromatic carbocycles. The standard InChI is InChI=1S/C10H17N3OS/c11-4-1-9-12-10(14-13-9)7-8-2-5-15-6-3-8/h8H,1-7,11H2. The van der Waals surface area contributed by atoms with Crippen molar-refractivity contribution in [3.8, 4) is 0 Å². The van der Waals surface area contributed by atoms with Gasteiger partial charge >= 0.3 is 0 Å². The zero-order chi connectivity index (χ0) is 10.5. The number of hydrogen-bond acceptors (Lipinski definition) is 5. The molecule has 4 nitrogen and oxygen atoms in total. The van der Waals surface area contributed by atoms with E-state index in [0.29, 0.717) is 13.0 Å². The van der Waals surface area contributed by atoms with Crippen molar-refractivity contribution in [1.29, 1.82) is 0 Å². The second-order valence-corrected chi connectivity index (χ2v) is 5.13. The Morgan fingerprint density at radius 3 is 2.93 bits per heavy atom. The van der Waals surface area contributed by atoms with Crippen LogP contribution >= 0.6 is 11.8 Å². The molecule has 1 aromatic heterocycles. The molecule has 1 aliphatic rings. The molecule has 2 N–H and O–H groups in total. The fourth-order valence-electron chi connectivity index (χ4n) is 1.80. The summed E-state index contributed by atoms with van der Waals surface area (Å²) in [6, 6.07) is 0. The lowest BCUT2D eigenvalue weighted by atomic mass is 9.99. The normalized spacial score (nSPS) is 18.2. The first-order chi connectivity index (χ1) is 7.38. The van der Waals surface area contributed by atoms with E-state index in [-0.39, 0.29) is 0 Å². The van der Waals surface area contributed by atoms with Gasteiger partial charge in [-0.05, 0) is 36.8 Å². The van der Waals surface area contributed by atoms with Crippen molar-refractivity contribution in [2.45, 2.75) is 25.7 Å². The molecular formula is C10H17N3OS. The monoisotopic (exact) mass is 227 g/mol. The number of aromatic nitrogens is 2. The molecule has 0 amide bonds. The number of nitrogens with two attached hydrogens (primary N) is 1. The van der Waals surface area contributed by atoms with Gasteiger partial charge in [-0.2, -0.15) is 16.7 Å². The molecule has 0 unspecified atom stereocenters. The molecule has 0 radical (unpaired) electrons. The number of nitrogens with zero attached hydrogens (tertiary/aromatic N) is 2. The van der Waals surface area contributed by atoms with Crippen molar-refractivity contribution >= 4 is 11.8 Å². The lowest BCUT2D eigenvalue weighted by Crippen LogP contribution is -2.12. The van der Waals surface area contributed by atoms with E-state index in [2.05, 4.69) is 10.1 Å². The summed E-state index contributed by atoms with van der Waals surface area (Å²) in [7, 11) is 0. The summed E-state index contributed by atoms with van der Waals surface area (Å²) in [6.45, 7) is 0.582. The van der Waals surface area contributed by atoms with Gasteiger partial charge in [0, 0.05) is 12.8 Å². The average Bonchev–Trinajstić information content (AvgIpc) is 2.68. The topological polar surface area (TPSA) is 64.9 Å². The maximum absolute atomic E-state index is 5.43. The van der Waals surface area contributed by atoms with Gasteiger partial charge in [0.15, 0.2) is 5.82 Å². The Morgan fingerprint density at radius 2 is 2.20 bits per heavy atom. The van der Waals surface area contributed by atoms with E-state index < -0.39 is 0 Å². The lowest BCUT2D eigenvalue weighted by molar-refractivity contribution is 0.341. The molecule has 0 saturated carbocycles. The molecule has 1 aromatic rings. The summed E-state index contributed by atoms with van der Waals surface area (Å²) in [6.07, 6.45) is 4.21. The Balaban J connectivity index is 1.86. The van der Waals surface area contributed by atoms with Gasteiger partial charge in [0.05, 0.1) is 0 Å². The zero-order valence-electron chi connectivity index (χ0n) is 8.82. The van der Waals surface area contributed by atoms with Gasteiger partial charge in [-0.15, -0.1) is 0 Å². The highest BCUT2D eigenvalue weighted by Crippen LogP contribution is 2.25. The summed E-state index contributed by atoms with van der Waals surface area (Å²) < 4.78 is 5.20. The van der Waals surface area contributed by atoms with Crippen LogP contribution < -0.4 is 5.73 Å². The van der Waals surface area contributed by atoms with E-state index in [9.17, 15) is 0 Å². The SMILES string of the molecule is NCCc1noc(CC2CCSCC2)n1. The van der Waals surface area contributed by atoms with Gasteiger partial charge in [-0.25, -0.2) is 0 Å². The summed E-state index contributed by atoms with van der Waals surface area (Å²) in [5.74, 6) is 4.81. The van der Waals surface area contributed by atoms with Crippen LogP contribution in [-0.4, -0.2) is 28.2 Å². The molecule has 0 aliphatic carbocycles. The van der Waals surface area contributed by atoms with Crippen molar-refractivity contribution in [2.75, 3.05) is 18.1 Å². The smallest absolute Gasteiger partial charge is 0.226 e. The maximum Gasteiger partial charge on any atom is 0.226 e. The van der Waals surface area contributed by atoms with Crippen LogP contribution in [0.5, 0.6) is 0 Å². The van der Waals surface area contributed by atoms with E-state index >= 15 is 0 Å². The Labute approximate surface area is 94.0 Å². The van der Waals surface area contributed by atoms with E-state index in [1.165, 1.54) is 24.3 Å². The largest absolute Gasteiger partial charge is 0.339 e. The fourth-order valence-corrected chi connectivity index (χ4v) is 3.01. The third-order valence-electron chi connectivity index (χ3n) is 2.68. The Hall–Kier alpha value is -0.550. The summed E-state index contributed by atoms with van der Waals surface area (Å²) >= 11 is 2.04. The minimum Gasteiger partial charge on any atom is -0.339 e. The molecule has 0 bridgehead atoms. The second kappa shape index (κ2) is 5.51. The highest BCUT2D eigenvalue weighted by Gasteiger charge is 2.17. The van der Waals surface area contributed by atoms with E-state index in [4.69, 9.17) is 10.3 Å². The molecule has 1 fully saturated rings. The third kappa shape index (κ3) is 3.21. The fraction of sp³-hybridized carbons (Fsp3) is 0.800. The van der Waals surface area contributed by atoms with Crippen LogP contribution in [0.2, 0.25) is 0 Å². The predicted octanol–water partition coefficient (Wildman–Crippen LogP) is 1.26. The number of thioether (sulfide) groups is 1. The lowest BCUT2D eigenvalue weighted by Gasteiger charge is -2.19. The van der Waals surface area contributed by atoms with Crippen molar-refractivity contribution in [3.63, 3.8) is 0 Å². The molecule has 0 spiro atoms. The predicted molar refractivity (Wildman–Crippen MR) is 60.8 cm³/mol. The minimum atomic E-state index is 0.582. The first-order valence-corrected chi connectivity index (χ1v) is 6.63. The van der Waals surface area contributed by atoms with Crippen molar-refractivity contribution in [1.82, 2.24) is 10.1 Å². The van der Waals surface area contributed by atoms with Crippen molar-refractivity contribution in [3.05, 3.63) is 11.7 Å². The molecule has 5 heteroatoms. The highest BCUT2D eigenvalue weighted by atomic mass is 32.2. The van der Waals surface area contributed by atoms with Gasteiger partial charge in [0.25, 0.3) is 0 Å². The van der Waals surface area contributed by atoms with E-state index in [1.54, 1.807) is 0 Å². The molecule has 2 heterocycles. The van der Waals surface area contributed by atoms with Crippen molar-refractivity contribution < 1.29 is 4.52 Å². The quantitative estimate of drug-likeness (QED) is 0.838. The van der Waals surface area contributed by atoms with Gasteiger partial charge in [0.2, 0.25) is 5.89 Å². The van der Waals surface area contributed by atoms with Crippen molar-refractivity contribution in [2.24, 2.45) is 11.7 Å². The minimum absolute atomic E-state index is 0.582.